The summed E-state index contributed by atoms with van der Waals surface area (Å²) >= 11 is 0. The first-order valence-corrected chi connectivity index (χ1v) is 3.12. The molecule has 1 atom stereocenters. The number of cyclic esters (lactones) is 1. The van der Waals surface area contributed by atoms with E-state index in [1.807, 2.05) is 0 Å². The number of carboxylic acid groups (broad SMARTS) is 1. The van der Waals surface area contributed by atoms with Gasteiger partial charge >= 0.3 is 11.9 Å². The van der Waals surface area contributed by atoms with E-state index in [2.05, 4.69) is 4.74 Å². The van der Waals surface area contributed by atoms with Crippen LogP contribution in [0.5, 0.6) is 0 Å². The zero-order valence-electron chi connectivity index (χ0n) is 6.25. The fourth-order valence-corrected chi connectivity index (χ4v) is 0.880. The van der Waals surface area contributed by atoms with Gasteiger partial charge < -0.3 is 9.84 Å². The Morgan fingerprint density at radius 1 is 1.73 bits per heavy atom. The van der Waals surface area contributed by atoms with Gasteiger partial charge in [0, 0.05) is 5.57 Å². The quantitative estimate of drug-likeness (QED) is 0.556. The lowest BCUT2D eigenvalue weighted by atomic mass is 10.1. The highest BCUT2D eigenvalue weighted by Crippen LogP contribution is 2.23. The number of carboxylic acids is 1. The van der Waals surface area contributed by atoms with Crippen LogP contribution >= 0.6 is 0 Å². The third-order valence-corrected chi connectivity index (χ3v) is 1.54. The summed E-state index contributed by atoms with van der Waals surface area (Å²) in [5.74, 6) is -1.71. The maximum absolute atomic E-state index is 10.7. The second kappa shape index (κ2) is 2.08. The molecule has 11 heavy (non-hydrogen) atoms. The molecule has 1 heterocycles. The van der Waals surface area contributed by atoms with Crippen LogP contribution < -0.4 is 0 Å². The molecule has 0 aromatic rings. The van der Waals surface area contributed by atoms with Gasteiger partial charge in [0.1, 0.15) is 0 Å². The Kier molecular flexibility index (Phi) is 1.47. The van der Waals surface area contributed by atoms with Crippen molar-refractivity contribution in [3.8, 4) is 0 Å². The Balaban J connectivity index is 2.97. The van der Waals surface area contributed by atoms with Crippen LogP contribution in [0.4, 0.5) is 0 Å². The van der Waals surface area contributed by atoms with Crippen LogP contribution in [0.25, 0.3) is 0 Å². The van der Waals surface area contributed by atoms with Crippen molar-refractivity contribution in [2.45, 2.75) is 19.4 Å². The first kappa shape index (κ1) is 7.78. The number of carbonyl (C=O) groups excluding carboxylic acids is 1. The molecule has 1 aliphatic rings. The Hall–Kier alpha value is -1.32. The van der Waals surface area contributed by atoms with Crippen molar-refractivity contribution in [3.05, 3.63) is 11.6 Å². The molecular formula is C7H8O4. The normalized spacial score (nSPS) is 29.6. The predicted molar refractivity (Wildman–Crippen MR) is 35.9 cm³/mol. The lowest BCUT2D eigenvalue weighted by Gasteiger charge is -2.14. The number of hydrogen-bond donors (Lipinski definition) is 1. The second-order valence-corrected chi connectivity index (χ2v) is 2.63. The molecule has 1 aliphatic heterocycles. The van der Waals surface area contributed by atoms with Crippen LogP contribution in [0.3, 0.4) is 0 Å². The average Bonchev–Trinajstić information content (AvgIpc) is 2.09. The van der Waals surface area contributed by atoms with Gasteiger partial charge in [-0.25, -0.2) is 9.59 Å². The van der Waals surface area contributed by atoms with Gasteiger partial charge in [0.05, 0.1) is 0 Å². The maximum Gasteiger partial charge on any atom is 0.352 e. The molecule has 4 nitrogen and oxygen atoms in total. The van der Waals surface area contributed by atoms with Crippen LogP contribution in [0.2, 0.25) is 0 Å². The van der Waals surface area contributed by atoms with Crippen molar-refractivity contribution >= 4 is 11.9 Å². The monoisotopic (exact) mass is 156 g/mol. The van der Waals surface area contributed by atoms with Crippen molar-refractivity contribution in [1.82, 2.24) is 0 Å². The molecular weight excluding hydrogens is 148 g/mol. The summed E-state index contributed by atoms with van der Waals surface area (Å²) in [6.07, 6.45) is 1.30. The Morgan fingerprint density at radius 3 is 2.45 bits per heavy atom. The first-order chi connectivity index (χ1) is 4.96. The minimum atomic E-state index is -1.46. The fourth-order valence-electron chi connectivity index (χ4n) is 0.880. The smallest absolute Gasteiger partial charge is 0.352 e. The largest absolute Gasteiger partial charge is 0.478 e. The van der Waals surface area contributed by atoms with Crippen molar-refractivity contribution < 1.29 is 19.4 Å². The van der Waals surface area contributed by atoms with Crippen molar-refractivity contribution in [1.29, 1.82) is 0 Å². The molecule has 1 unspecified atom stereocenters. The first-order valence-electron chi connectivity index (χ1n) is 3.12. The molecule has 0 spiro atoms. The van der Waals surface area contributed by atoms with Crippen LogP contribution in [-0.2, 0) is 14.3 Å². The molecule has 1 N–H and O–H groups in total. The third kappa shape index (κ3) is 1.11. The molecule has 0 bridgehead atoms. The van der Waals surface area contributed by atoms with Crippen molar-refractivity contribution in [2.75, 3.05) is 0 Å². The summed E-state index contributed by atoms with van der Waals surface area (Å²) in [4.78, 5) is 21.2. The van der Waals surface area contributed by atoms with Crippen LogP contribution in [0.1, 0.15) is 13.8 Å². The van der Waals surface area contributed by atoms with Gasteiger partial charge in [-0.1, -0.05) is 0 Å². The topological polar surface area (TPSA) is 63.6 Å². The SMILES string of the molecule is CC1=CC(C)(C(=O)O)OC1=O. The minimum absolute atomic E-state index is 0.342. The van der Waals surface area contributed by atoms with E-state index in [0.717, 1.165) is 0 Å². The number of rotatable bonds is 1. The van der Waals surface area contributed by atoms with Gasteiger partial charge in [-0.05, 0) is 19.9 Å². The van der Waals surface area contributed by atoms with E-state index >= 15 is 0 Å². The van der Waals surface area contributed by atoms with E-state index in [9.17, 15) is 9.59 Å². The average molecular weight is 156 g/mol. The van der Waals surface area contributed by atoms with E-state index < -0.39 is 17.5 Å². The molecule has 0 aliphatic carbocycles. The summed E-state index contributed by atoms with van der Waals surface area (Å²) in [6.45, 7) is 2.86. The standard InChI is InChI=1S/C7H8O4/c1-4-3-7(2,6(9)10)11-5(4)8/h3H,1-2H3,(H,9,10). The molecule has 0 radical (unpaired) electrons. The molecule has 0 fully saturated rings. The summed E-state index contributed by atoms with van der Waals surface area (Å²) in [6, 6.07) is 0. The van der Waals surface area contributed by atoms with Crippen LogP contribution in [0, 0.1) is 0 Å². The van der Waals surface area contributed by atoms with Gasteiger partial charge in [-0.2, -0.15) is 0 Å². The summed E-state index contributed by atoms with van der Waals surface area (Å²) in [5.41, 5.74) is -1.11. The fraction of sp³-hybridized carbons (Fsp3) is 0.429. The van der Waals surface area contributed by atoms with E-state index in [4.69, 9.17) is 5.11 Å². The van der Waals surface area contributed by atoms with Crippen LogP contribution in [-0.4, -0.2) is 22.6 Å². The van der Waals surface area contributed by atoms with Crippen molar-refractivity contribution in [2.24, 2.45) is 0 Å². The molecule has 60 valence electrons. The van der Waals surface area contributed by atoms with E-state index in [1.54, 1.807) is 0 Å². The van der Waals surface area contributed by atoms with E-state index in [0.29, 0.717) is 5.57 Å². The zero-order valence-corrected chi connectivity index (χ0v) is 6.25. The van der Waals surface area contributed by atoms with Gasteiger partial charge in [0.15, 0.2) is 0 Å². The van der Waals surface area contributed by atoms with Gasteiger partial charge in [-0.3, -0.25) is 0 Å². The van der Waals surface area contributed by atoms with E-state index in [1.165, 1.54) is 19.9 Å². The Morgan fingerprint density at radius 2 is 2.27 bits per heavy atom. The third-order valence-electron chi connectivity index (χ3n) is 1.54. The summed E-state index contributed by atoms with van der Waals surface area (Å²) in [5, 5.41) is 8.59. The number of hydrogen-bond acceptors (Lipinski definition) is 3. The highest BCUT2D eigenvalue weighted by Gasteiger charge is 2.40. The molecule has 0 aromatic heterocycles. The second-order valence-electron chi connectivity index (χ2n) is 2.63. The molecule has 1 rings (SSSR count). The molecule has 0 saturated heterocycles. The van der Waals surface area contributed by atoms with Crippen molar-refractivity contribution in [3.63, 3.8) is 0 Å². The van der Waals surface area contributed by atoms with Gasteiger partial charge in [0.25, 0.3) is 0 Å². The Labute approximate surface area is 63.5 Å². The predicted octanol–water partition coefficient (Wildman–Crippen LogP) is 0.333. The maximum atomic E-state index is 10.7. The zero-order chi connectivity index (χ0) is 8.65. The number of ether oxygens (including phenoxy) is 1. The molecule has 0 aromatic carbocycles. The molecule has 4 heteroatoms. The lowest BCUT2D eigenvalue weighted by molar-refractivity contribution is -0.165. The highest BCUT2D eigenvalue weighted by molar-refractivity contribution is 5.97. The lowest BCUT2D eigenvalue weighted by Crippen LogP contribution is -2.34. The summed E-state index contributed by atoms with van der Waals surface area (Å²) in [7, 11) is 0. The van der Waals surface area contributed by atoms with Gasteiger partial charge in [-0.15, -0.1) is 0 Å². The number of aliphatic carboxylic acids is 1. The Bertz CT molecular complexity index is 253. The van der Waals surface area contributed by atoms with E-state index in [-0.39, 0.29) is 0 Å². The number of esters is 1. The number of carbonyl (C=O) groups is 2. The highest BCUT2D eigenvalue weighted by atomic mass is 16.6. The minimum Gasteiger partial charge on any atom is -0.478 e. The van der Waals surface area contributed by atoms with Gasteiger partial charge in [0.2, 0.25) is 5.60 Å². The summed E-state index contributed by atoms with van der Waals surface area (Å²) < 4.78 is 4.59. The molecule has 0 saturated carbocycles. The van der Waals surface area contributed by atoms with Crippen LogP contribution in [0.15, 0.2) is 11.6 Å². The molecule has 0 amide bonds.